The van der Waals surface area contributed by atoms with Gasteiger partial charge in [0, 0.05) is 36.2 Å². The number of benzene rings is 1. The molecule has 1 aromatic carbocycles. The Morgan fingerprint density at radius 2 is 2.10 bits per heavy atom. The van der Waals surface area contributed by atoms with Gasteiger partial charge in [0.15, 0.2) is 0 Å². The smallest absolute Gasteiger partial charge is 0.220 e. The molecule has 108 valence electrons. The van der Waals surface area contributed by atoms with Crippen LogP contribution in [0.25, 0.3) is 10.9 Å². The van der Waals surface area contributed by atoms with Gasteiger partial charge in [0.25, 0.3) is 0 Å². The highest BCUT2D eigenvalue weighted by Gasteiger charge is 2.14. The number of H-pyrrole nitrogens is 1. The molecule has 2 unspecified atom stereocenters. The van der Waals surface area contributed by atoms with E-state index in [4.69, 9.17) is 5.11 Å². The molecule has 2 aromatic rings. The van der Waals surface area contributed by atoms with Crippen molar-refractivity contribution in [1.82, 2.24) is 10.3 Å². The van der Waals surface area contributed by atoms with Crippen molar-refractivity contribution in [3.8, 4) is 0 Å². The van der Waals surface area contributed by atoms with Gasteiger partial charge in [-0.2, -0.15) is 0 Å². The molecular formula is C16H22N2O2. The molecule has 1 amide bonds. The minimum absolute atomic E-state index is 0.00420. The number of hydrogen-bond donors (Lipinski definition) is 3. The van der Waals surface area contributed by atoms with Gasteiger partial charge in [-0.25, -0.2) is 0 Å². The largest absolute Gasteiger partial charge is 0.396 e. The van der Waals surface area contributed by atoms with Crippen molar-refractivity contribution < 1.29 is 9.90 Å². The van der Waals surface area contributed by atoms with Gasteiger partial charge in [-0.05, 0) is 30.9 Å². The number of aromatic nitrogens is 1. The Morgan fingerprint density at radius 1 is 1.35 bits per heavy atom. The summed E-state index contributed by atoms with van der Waals surface area (Å²) in [7, 11) is 0. The molecule has 0 fully saturated rings. The summed E-state index contributed by atoms with van der Waals surface area (Å²) in [5.41, 5.74) is 2.27. The Hall–Kier alpha value is -1.81. The number of carbonyl (C=O) groups excluding carboxylic acids is 1. The summed E-state index contributed by atoms with van der Waals surface area (Å²) in [5, 5.41) is 13.2. The van der Waals surface area contributed by atoms with Crippen molar-refractivity contribution in [1.29, 1.82) is 0 Å². The summed E-state index contributed by atoms with van der Waals surface area (Å²) in [6.45, 7) is 3.93. The van der Waals surface area contributed by atoms with Crippen LogP contribution in [0, 0.1) is 5.92 Å². The maximum absolute atomic E-state index is 11.9. The van der Waals surface area contributed by atoms with E-state index in [1.807, 2.05) is 38.2 Å². The number of carbonyl (C=O) groups is 1. The molecule has 0 aliphatic carbocycles. The Balaban J connectivity index is 1.90. The first kappa shape index (κ1) is 14.6. The van der Waals surface area contributed by atoms with Gasteiger partial charge in [-0.3, -0.25) is 4.79 Å². The van der Waals surface area contributed by atoms with Crippen LogP contribution in [0.5, 0.6) is 0 Å². The highest BCUT2D eigenvalue weighted by Crippen LogP contribution is 2.18. The number of rotatable bonds is 6. The quantitative estimate of drug-likeness (QED) is 0.756. The summed E-state index contributed by atoms with van der Waals surface area (Å²) >= 11 is 0. The monoisotopic (exact) mass is 274 g/mol. The summed E-state index contributed by atoms with van der Waals surface area (Å²) in [6.07, 6.45) is 3.15. The zero-order valence-electron chi connectivity index (χ0n) is 12.0. The molecule has 0 saturated heterocycles. The number of fused-ring (bicyclic) bond motifs is 1. The van der Waals surface area contributed by atoms with Gasteiger partial charge in [0.05, 0.1) is 0 Å². The summed E-state index contributed by atoms with van der Waals surface area (Å²) in [6, 6.07) is 8.09. The molecule has 20 heavy (non-hydrogen) atoms. The molecule has 2 atom stereocenters. The molecule has 1 heterocycles. The highest BCUT2D eigenvalue weighted by molar-refractivity contribution is 5.84. The van der Waals surface area contributed by atoms with Gasteiger partial charge in [0.1, 0.15) is 0 Å². The lowest BCUT2D eigenvalue weighted by atomic mass is 10.0. The van der Waals surface area contributed by atoms with Crippen LogP contribution in [0.2, 0.25) is 0 Å². The number of nitrogens with one attached hydrogen (secondary N) is 2. The predicted octanol–water partition coefficient (Wildman–Crippen LogP) is 2.23. The zero-order chi connectivity index (χ0) is 14.5. The van der Waals surface area contributed by atoms with Crippen LogP contribution in [-0.2, 0) is 11.2 Å². The van der Waals surface area contributed by atoms with Gasteiger partial charge < -0.3 is 15.4 Å². The van der Waals surface area contributed by atoms with E-state index < -0.39 is 0 Å². The van der Waals surface area contributed by atoms with Crippen LogP contribution < -0.4 is 5.32 Å². The van der Waals surface area contributed by atoms with Gasteiger partial charge in [0.2, 0.25) is 5.91 Å². The fraction of sp³-hybridized carbons (Fsp3) is 0.438. The van der Waals surface area contributed by atoms with Gasteiger partial charge >= 0.3 is 0 Å². The summed E-state index contributed by atoms with van der Waals surface area (Å²) in [5.74, 6) is 0.107. The van der Waals surface area contributed by atoms with Crippen molar-refractivity contribution in [2.75, 3.05) is 6.61 Å². The molecule has 0 aliphatic rings. The van der Waals surface area contributed by atoms with E-state index in [1.54, 1.807) is 0 Å². The number of aromatic amines is 1. The highest BCUT2D eigenvalue weighted by atomic mass is 16.3. The van der Waals surface area contributed by atoms with E-state index >= 15 is 0 Å². The molecule has 4 heteroatoms. The van der Waals surface area contributed by atoms with E-state index in [9.17, 15) is 4.79 Å². The first-order chi connectivity index (χ1) is 9.61. The number of aryl methyl sites for hydroxylation is 1. The van der Waals surface area contributed by atoms with E-state index in [0.29, 0.717) is 6.42 Å². The third kappa shape index (κ3) is 3.39. The SMILES string of the molecule is CC(CO)C(C)NC(=O)CCc1c[nH]c2ccccc12. The van der Waals surface area contributed by atoms with Crippen molar-refractivity contribution >= 4 is 16.8 Å². The molecule has 2 rings (SSSR count). The minimum Gasteiger partial charge on any atom is -0.396 e. The van der Waals surface area contributed by atoms with Crippen molar-refractivity contribution in [2.45, 2.75) is 32.7 Å². The number of hydrogen-bond acceptors (Lipinski definition) is 2. The third-order valence-electron chi connectivity index (χ3n) is 3.83. The average Bonchev–Trinajstić information content (AvgIpc) is 2.87. The van der Waals surface area contributed by atoms with Crippen LogP contribution in [0.1, 0.15) is 25.8 Å². The van der Waals surface area contributed by atoms with E-state index in [2.05, 4.69) is 16.4 Å². The van der Waals surface area contributed by atoms with Crippen LogP contribution in [0.4, 0.5) is 0 Å². The molecule has 0 saturated carbocycles. The lowest BCUT2D eigenvalue weighted by Gasteiger charge is -2.19. The Kier molecular flexibility index (Phi) is 4.79. The van der Waals surface area contributed by atoms with Crippen molar-refractivity contribution in [3.05, 3.63) is 36.0 Å². The lowest BCUT2D eigenvalue weighted by Crippen LogP contribution is -2.38. The van der Waals surface area contributed by atoms with Crippen molar-refractivity contribution in [3.63, 3.8) is 0 Å². The van der Waals surface area contributed by atoms with E-state index in [-0.39, 0.29) is 24.5 Å². The maximum atomic E-state index is 11.9. The Bertz CT molecular complexity index is 577. The molecule has 3 N–H and O–H groups in total. The maximum Gasteiger partial charge on any atom is 0.220 e. The second-order valence-corrected chi connectivity index (χ2v) is 5.38. The van der Waals surface area contributed by atoms with E-state index in [1.165, 1.54) is 10.9 Å². The van der Waals surface area contributed by atoms with E-state index in [0.717, 1.165) is 11.9 Å². The number of para-hydroxylation sites is 1. The first-order valence-electron chi connectivity index (χ1n) is 7.07. The molecule has 1 aromatic heterocycles. The van der Waals surface area contributed by atoms with Gasteiger partial charge in [-0.15, -0.1) is 0 Å². The molecular weight excluding hydrogens is 252 g/mol. The molecule has 0 bridgehead atoms. The number of aliphatic hydroxyl groups is 1. The zero-order valence-corrected chi connectivity index (χ0v) is 12.0. The fourth-order valence-corrected chi connectivity index (χ4v) is 2.21. The second kappa shape index (κ2) is 6.57. The van der Waals surface area contributed by atoms with Crippen LogP contribution >= 0.6 is 0 Å². The minimum atomic E-state index is -0.00420. The molecule has 0 aliphatic heterocycles. The predicted molar refractivity (Wildman–Crippen MR) is 80.5 cm³/mol. The third-order valence-corrected chi connectivity index (χ3v) is 3.83. The molecule has 0 radical (unpaired) electrons. The Morgan fingerprint density at radius 3 is 2.85 bits per heavy atom. The summed E-state index contributed by atoms with van der Waals surface area (Å²) in [4.78, 5) is 15.1. The van der Waals surface area contributed by atoms with Crippen molar-refractivity contribution in [2.24, 2.45) is 5.92 Å². The molecule has 4 nitrogen and oxygen atoms in total. The number of amides is 1. The summed E-state index contributed by atoms with van der Waals surface area (Å²) < 4.78 is 0. The number of aliphatic hydroxyl groups excluding tert-OH is 1. The standard InChI is InChI=1S/C16H22N2O2/c1-11(10-19)12(2)18-16(20)8-7-13-9-17-15-6-4-3-5-14(13)15/h3-6,9,11-12,17,19H,7-8,10H2,1-2H3,(H,18,20). The normalized spacial score (nSPS) is 14.2. The second-order valence-electron chi connectivity index (χ2n) is 5.38. The topological polar surface area (TPSA) is 65.1 Å². The average molecular weight is 274 g/mol. The fourth-order valence-electron chi connectivity index (χ4n) is 2.21. The Labute approximate surface area is 119 Å². The van der Waals surface area contributed by atoms with Crippen LogP contribution in [0.3, 0.4) is 0 Å². The van der Waals surface area contributed by atoms with Crippen LogP contribution in [0.15, 0.2) is 30.5 Å². The van der Waals surface area contributed by atoms with Gasteiger partial charge in [-0.1, -0.05) is 25.1 Å². The first-order valence-corrected chi connectivity index (χ1v) is 7.07. The lowest BCUT2D eigenvalue weighted by molar-refractivity contribution is -0.122. The molecule has 0 spiro atoms. The van der Waals surface area contributed by atoms with Crippen LogP contribution in [-0.4, -0.2) is 28.6 Å².